The Morgan fingerprint density at radius 2 is 2.12 bits per heavy atom. The smallest absolute Gasteiger partial charge is 0.331 e. The van der Waals surface area contributed by atoms with Crippen molar-refractivity contribution >= 4 is 40.7 Å². The lowest BCUT2D eigenvalue weighted by atomic mass is 10.2. The predicted molar refractivity (Wildman–Crippen MR) is 97.3 cm³/mol. The Labute approximate surface area is 153 Å². The van der Waals surface area contributed by atoms with Gasteiger partial charge in [-0.25, -0.2) is 4.79 Å². The Morgan fingerprint density at radius 1 is 1.35 bits per heavy atom. The van der Waals surface area contributed by atoms with Crippen molar-refractivity contribution in [1.82, 2.24) is 0 Å². The zero-order chi connectivity index (χ0) is 19.1. The fourth-order valence-corrected chi connectivity index (χ4v) is 2.79. The second-order valence-electron chi connectivity index (χ2n) is 5.10. The Hall–Kier alpha value is -3.20. The van der Waals surface area contributed by atoms with E-state index in [0.717, 1.165) is 10.4 Å². The van der Waals surface area contributed by atoms with Crippen LogP contribution in [0.15, 0.2) is 35.7 Å². The van der Waals surface area contributed by atoms with E-state index in [-0.39, 0.29) is 17.1 Å². The highest BCUT2D eigenvalue weighted by Crippen LogP contribution is 2.28. The fraction of sp³-hybridized carbons (Fsp3) is 0.176. The quantitative estimate of drug-likeness (QED) is 0.344. The molecule has 2 rings (SSSR count). The fourth-order valence-electron chi connectivity index (χ4n) is 1.97. The lowest BCUT2D eigenvalue weighted by Crippen LogP contribution is -2.20. The average molecular weight is 376 g/mol. The highest BCUT2D eigenvalue weighted by atomic mass is 32.1. The molecule has 1 amide bonds. The number of methoxy groups -OCH3 is 1. The number of anilines is 1. The number of esters is 1. The molecule has 1 N–H and O–H groups in total. The molecule has 2 aromatic rings. The summed E-state index contributed by atoms with van der Waals surface area (Å²) in [6.07, 6.45) is 2.87. The zero-order valence-corrected chi connectivity index (χ0v) is 14.9. The number of nitro groups is 1. The monoisotopic (exact) mass is 376 g/mol. The Balaban J connectivity index is 1.90. The van der Waals surface area contributed by atoms with Gasteiger partial charge in [-0.15, -0.1) is 11.3 Å². The summed E-state index contributed by atoms with van der Waals surface area (Å²) in [5.41, 5.74) is 1.12. The molecule has 0 bridgehead atoms. The molecule has 136 valence electrons. The van der Waals surface area contributed by atoms with E-state index in [2.05, 4.69) is 5.32 Å². The summed E-state index contributed by atoms with van der Waals surface area (Å²) in [6, 6.07) is 5.70. The molecule has 26 heavy (non-hydrogen) atoms. The van der Waals surface area contributed by atoms with Gasteiger partial charge in [0.1, 0.15) is 5.75 Å². The minimum Gasteiger partial charge on any atom is -0.494 e. The number of aryl methyl sites for hydroxylation is 1. The highest BCUT2D eigenvalue weighted by molar-refractivity contribution is 7.11. The molecule has 0 fully saturated rings. The van der Waals surface area contributed by atoms with E-state index in [1.165, 1.54) is 42.7 Å². The third kappa shape index (κ3) is 5.15. The van der Waals surface area contributed by atoms with Crippen molar-refractivity contribution in [2.45, 2.75) is 6.92 Å². The molecule has 9 heteroatoms. The Bertz CT molecular complexity index is 859. The normalized spacial score (nSPS) is 10.5. The summed E-state index contributed by atoms with van der Waals surface area (Å²) >= 11 is 1.49. The number of nitrogens with zero attached hydrogens (tertiary/aromatic N) is 1. The minimum atomic E-state index is -0.649. The molecule has 1 aromatic carbocycles. The van der Waals surface area contributed by atoms with Crippen LogP contribution in [0.4, 0.5) is 11.4 Å². The number of nitro benzene ring substituents is 1. The third-order valence-corrected chi connectivity index (χ3v) is 4.27. The largest absolute Gasteiger partial charge is 0.494 e. The van der Waals surface area contributed by atoms with Gasteiger partial charge in [0.2, 0.25) is 0 Å². The van der Waals surface area contributed by atoms with E-state index >= 15 is 0 Å². The first-order valence-electron chi connectivity index (χ1n) is 7.42. The van der Waals surface area contributed by atoms with Crippen LogP contribution in [0.3, 0.4) is 0 Å². The van der Waals surface area contributed by atoms with Gasteiger partial charge in [0.25, 0.3) is 11.6 Å². The summed E-state index contributed by atoms with van der Waals surface area (Å²) in [4.78, 5) is 34.7. The number of rotatable bonds is 7. The first kappa shape index (κ1) is 19.1. The number of non-ortho nitro benzene ring substituents is 1. The maximum atomic E-state index is 11.9. The molecule has 1 aromatic heterocycles. The number of ether oxygens (including phenoxy) is 2. The highest BCUT2D eigenvalue weighted by Gasteiger charge is 2.14. The topological polar surface area (TPSA) is 108 Å². The van der Waals surface area contributed by atoms with Crippen molar-refractivity contribution in [3.8, 4) is 5.75 Å². The number of hydrogen-bond donors (Lipinski definition) is 1. The van der Waals surface area contributed by atoms with E-state index < -0.39 is 23.4 Å². The molecule has 0 saturated heterocycles. The van der Waals surface area contributed by atoms with Crippen LogP contribution in [0.5, 0.6) is 5.75 Å². The van der Waals surface area contributed by atoms with E-state index in [1.54, 1.807) is 6.08 Å². The van der Waals surface area contributed by atoms with Crippen LogP contribution in [-0.4, -0.2) is 30.5 Å². The summed E-state index contributed by atoms with van der Waals surface area (Å²) < 4.78 is 9.88. The van der Waals surface area contributed by atoms with Crippen molar-refractivity contribution in [3.05, 3.63) is 56.3 Å². The van der Waals surface area contributed by atoms with Crippen molar-refractivity contribution in [2.75, 3.05) is 19.0 Å². The first-order chi connectivity index (χ1) is 12.4. The minimum absolute atomic E-state index is 0.131. The average Bonchev–Trinajstić information content (AvgIpc) is 3.03. The lowest BCUT2D eigenvalue weighted by Gasteiger charge is -2.09. The molecule has 0 aliphatic heterocycles. The van der Waals surface area contributed by atoms with E-state index in [0.29, 0.717) is 0 Å². The first-order valence-corrected chi connectivity index (χ1v) is 8.30. The Kier molecular flexibility index (Phi) is 6.45. The molecule has 0 spiro atoms. The Morgan fingerprint density at radius 3 is 2.73 bits per heavy atom. The van der Waals surface area contributed by atoms with Crippen molar-refractivity contribution in [3.63, 3.8) is 0 Å². The van der Waals surface area contributed by atoms with Gasteiger partial charge in [-0.3, -0.25) is 14.9 Å². The summed E-state index contributed by atoms with van der Waals surface area (Å²) in [6.45, 7) is 1.43. The molecule has 0 saturated carbocycles. The number of nitrogens with one attached hydrogen (secondary N) is 1. The van der Waals surface area contributed by atoms with Crippen molar-refractivity contribution in [2.24, 2.45) is 0 Å². The second kappa shape index (κ2) is 8.77. The van der Waals surface area contributed by atoms with Crippen LogP contribution in [0.25, 0.3) is 6.08 Å². The summed E-state index contributed by atoms with van der Waals surface area (Å²) in [7, 11) is 1.33. The third-order valence-electron chi connectivity index (χ3n) is 3.29. The predicted octanol–water partition coefficient (Wildman–Crippen LogP) is 3.17. The lowest BCUT2D eigenvalue weighted by molar-refractivity contribution is -0.384. The molecule has 0 aliphatic rings. The molecule has 0 unspecified atom stereocenters. The molecule has 8 nitrogen and oxygen atoms in total. The maximum Gasteiger partial charge on any atom is 0.331 e. The van der Waals surface area contributed by atoms with E-state index in [4.69, 9.17) is 9.47 Å². The van der Waals surface area contributed by atoms with Gasteiger partial charge < -0.3 is 14.8 Å². The SMILES string of the molecule is COc1cc([N+](=O)[O-])ccc1NC(=O)COC(=O)/C=C/c1sccc1C. The second-order valence-corrected chi connectivity index (χ2v) is 6.05. The maximum absolute atomic E-state index is 11.9. The van der Waals surface area contributed by atoms with Crippen molar-refractivity contribution < 1.29 is 24.0 Å². The standard InChI is InChI=1S/C17H16N2O6S/c1-11-7-8-26-15(11)5-6-17(21)25-10-16(20)18-13-4-3-12(19(22)23)9-14(13)24-2/h3-9H,10H2,1-2H3,(H,18,20)/b6-5+. The molecule has 0 aliphatic carbocycles. The molecular formula is C17H16N2O6S. The van der Waals surface area contributed by atoms with Gasteiger partial charge in [0.05, 0.1) is 23.8 Å². The van der Waals surface area contributed by atoms with Gasteiger partial charge in [-0.2, -0.15) is 0 Å². The van der Waals surface area contributed by atoms with Crippen molar-refractivity contribution in [1.29, 1.82) is 0 Å². The van der Waals surface area contributed by atoms with E-state index in [1.807, 2.05) is 18.4 Å². The van der Waals surface area contributed by atoms with Gasteiger partial charge >= 0.3 is 5.97 Å². The number of hydrogen-bond acceptors (Lipinski definition) is 7. The summed E-state index contributed by atoms with van der Waals surface area (Å²) in [5, 5.41) is 15.1. The van der Waals surface area contributed by atoms with Gasteiger partial charge in [-0.05, 0) is 36.1 Å². The number of benzene rings is 1. The van der Waals surface area contributed by atoms with Gasteiger partial charge in [-0.1, -0.05) is 0 Å². The molecular weight excluding hydrogens is 360 g/mol. The number of thiophene rings is 1. The van der Waals surface area contributed by atoms with Crippen LogP contribution in [0, 0.1) is 17.0 Å². The number of amides is 1. The number of carbonyl (C=O) groups is 2. The van der Waals surface area contributed by atoms with Crippen LogP contribution in [0.2, 0.25) is 0 Å². The molecule has 1 heterocycles. The zero-order valence-electron chi connectivity index (χ0n) is 14.1. The van der Waals surface area contributed by atoms with Gasteiger partial charge in [0, 0.05) is 17.0 Å². The van der Waals surface area contributed by atoms with Gasteiger partial charge in [0.15, 0.2) is 6.61 Å². The van der Waals surface area contributed by atoms with Crippen LogP contribution < -0.4 is 10.1 Å². The molecule has 0 atom stereocenters. The summed E-state index contributed by atoms with van der Waals surface area (Å²) in [5.74, 6) is -1.11. The van der Waals surface area contributed by atoms with E-state index in [9.17, 15) is 19.7 Å². The van der Waals surface area contributed by atoms with Crippen LogP contribution in [-0.2, 0) is 14.3 Å². The van der Waals surface area contributed by atoms with Crippen LogP contribution in [0.1, 0.15) is 10.4 Å². The molecule has 0 radical (unpaired) electrons. The van der Waals surface area contributed by atoms with Crippen LogP contribution >= 0.6 is 11.3 Å². The number of carbonyl (C=O) groups excluding carboxylic acids is 2.